The van der Waals surface area contributed by atoms with Gasteiger partial charge in [-0.05, 0) is 55.7 Å². The summed E-state index contributed by atoms with van der Waals surface area (Å²) in [5.41, 5.74) is 1.36. The van der Waals surface area contributed by atoms with Crippen LogP contribution in [-0.2, 0) is 10.0 Å². The first-order valence-corrected chi connectivity index (χ1v) is 11.3. The van der Waals surface area contributed by atoms with E-state index in [1.807, 2.05) is 0 Å². The standard InChI is InChI=1S/C19H20BrClN2O3S/c1-13-5-6-14(19(24)22-17-8-7-15(20)12-16(17)21)11-18(13)27(25,26)23-9-3-2-4-10-23/h5-8,11-12H,2-4,9-10H2,1H3,(H,22,24). The SMILES string of the molecule is Cc1ccc(C(=O)Nc2ccc(Br)cc2Cl)cc1S(=O)(=O)N1CCCCC1. The Kier molecular flexibility index (Phi) is 6.25. The van der Waals surface area contributed by atoms with Crippen LogP contribution in [0.1, 0.15) is 35.2 Å². The second kappa shape index (κ2) is 8.31. The summed E-state index contributed by atoms with van der Waals surface area (Å²) >= 11 is 9.46. The van der Waals surface area contributed by atoms with Gasteiger partial charge in [0.25, 0.3) is 5.91 Å². The number of nitrogens with zero attached hydrogens (tertiary/aromatic N) is 1. The Bertz CT molecular complexity index is 973. The molecule has 0 aliphatic carbocycles. The van der Waals surface area contributed by atoms with Crippen molar-refractivity contribution in [1.29, 1.82) is 0 Å². The van der Waals surface area contributed by atoms with Crippen LogP contribution >= 0.6 is 27.5 Å². The van der Waals surface area contributed by atoms with E-state index in [1.54, 1.807) is 37.3 Å². The van der Waals surface area contributed by atoms with Crippen LogP contribution in [0.25, 0.3) is 0 Å². The zero-order chi connectivity index (χ0) is 19.6. The van der Waals surface area contributed by atoms with Gasteiger partial charge < -0.3 is 5.32 Å². The average molecular weight is 472 g/mol. The summed E-state index contributed by atoms with van der Waals surface area (Å²) < 4.78 is 28.3. The zero-order valence-corrected chi connectivity index (χ0v) is 18.0. The monoisotopic (exact) mass is 470 g/mol. The molecular weight excluding hydrogens is 452 g/mol. The van der Waals surface area contributed by atoms with Crippen LogP contribution in [0.5, 0.6) is 0 Å². The van der Waals surface area contributed by atoms with Crippen LogP contribution < -0.4 is 5.32 Å². The summed E-state index contributed by atoms with van der Waals surface area (Å²) in [6.45, 7) is 2.78. The highest BCUT2D eigenvalue weighted by molar-refractivity contribution is 9.10. The molecule has 8 heteroatoms. The number of hydrogen-bond donors (Lipinski definition) is 1. The summed E-state index contributed by atoms with van der Waals surface area (Å²) in [6.07, 6.45) is 2.77. The fourth-order valence-electron chi connectivity index (χ4n) is 3.05. The largest absolute Gasteiger partial charge is 0.321 e. The van der Waals surface area contributed by atoms with Crippen LogP contribution in [-0.4, -0.2) is 31.7 Å². The topological polar surface area (TPSA) is 66.5 Å². The fourth-order valence-corrected chi connectivity index (χ4v) is 5.54. The molecule has 0 bridgehead atoms. The molecule has 1 aliphatic rings. The maximum Gasteiger partial charge on any atom is 0.255 e. The van der Waals surface area contributed by atoms with Crippen molar-refractivity contribution in [2.45, 2.75) is 31.1 Å². The van der Waals surface area contributed by atoms with Gasteiger partial charge in [-0.15, -0.1) is 0 Å². The lowest BCUT2D eigenvalue weighted by molar-refractivity contribution is 0.102. The third-order valence-electron chi connectivity index (χ3n) is 4.56. The molecule has 1 amide bonds. The van der Waals surface area contributed by atoms with Gasteiger partial charge in [0.05, 0.1) is 15.6 Å². The van der Waals surface area contributed by atoms with Gasteiger partial charge in [-0.1, -0.05) is 40.0 Å². The maximum absolute atomic E-state index is 13.0. The van der Waals surface area contributed by atoms with Crippen molar-refractivity contribution in [3.8, 4) is 0 Å². The quantitative estimate of drug-likeness (QED) is 0.694. The molecule has 0 atom stereocenters. The van der Waals surface area contributed by atoms with Crippen LogP contribution in [0.15, 0.2) is 45.8 Å². The molecule has 1 N–H and O–H groups in total. The molecule has 0 aromatic heterocycles. The highest BCUT2D eigenvalue weighted by atomic mass is 79.9. The summed E-state index contributed by atoms with van der Waals surface area (Å²) in [7, 11) is -3.61. The molecule has 1 aliphatic heterocycles. The number of hydrogen-bond acceptors (Lipinski definition) is 3. The third kappa shape index (κ3) is 4.54. The summed E-state index contributed by atoms with van der Waals surface area (Å²) in [6, 6.07) is 9.86. The smallest absolute Gasteiger partial charge is 0.255 e. The molecule has 1 saturated heterocycles. The van der Waals surface area contributed by atoms with Crippen molar-refractivity contribution in [2.75, 3.05) is 18.4 Å². The molecular formula is C19H20BrClN2O3S. The van der Waals surface area contributed by atoms with E-state index in [0.717, 1.165) is 23.7 Å². The number of amides is 1. The number of benzene rings is 2. The Hall–Kier alpha value is -1.41. The second-order valence-electron chi connectivity index (χ2n) is 6.52. The number of aryl methyl sites for hydroxylation is 1. The van der Waals surface area contributed by atoms with E-state index in [1.165, 1.54) is 10.4 Å². The number of carbonyl (C=O) groups is 1. The van der Waals surface area contributed by atoms with Crippen LogP contribution in [0.4, 0.5) is 5.69 Å². The molecule has 0 unspecified atom stereocenters. The molecule has 2 aromatic rings. The van der Waals surface area contributed by atoms with Gasteiger partial charge in [0.15, 0.2) is 0 Å². The highest BCUT2D eigenvalue weighted by Crippen LogP contribution is 2.27. The molecule has 144 valence electrons. The zero-order valence-electron chi connectivity index (χ0n) is 14.8. The molecule has 1 fully saturated rings. The van der Waals surface area contributed by atoms with Crippen molar-refractivity contribution in [2.24, 2.45) is 0 Å². The molecule has 0 radical (unpaired) electrons. The molecule has 1 heterocycles. The summed E-state index contributed by atoms with van der Waals surface area (Å²) in [5, 5.41) is 3.13. The van der Waals surface area contributed by atoms with Crippen molar-refractivity contribution in [1.82, 2.24) is 4.31 Å². The van der Waals surface area contributed by atoms with E-state index in [4.69, 9.17) is 11.6 Å². The van der Waals surface area contributed by atoms with Gasteiger partial charge in [0, 0.05) is 23.1 Å². The van der Waals surface area contributed by atoms with E-state index >= 15 is 0 Å². The van der Waals surface area contributed by atoms with E-state index in [-0.39, 0.29) is 10.5 Å². The van der Waals surface area contributed by atoms with E-state index in [9.17, 15) is 13.2 Å². The van der Waals surface area contributed by atoms with Crippen LogP contribution in [0.3, 0.4) is 0 Å². The van der Waals surface area contributed by atoms with E-state index in [2.05, 4.69) is 21.2 Å². The average Bonchev–Trinajstić information content (AvgIpc) is 2.65. The number of anilines is 1. The first kappa shape index (κ1) is 20.3. The van der Waals surface area contributed by atoms with Crippen molar-refractivity contribution in [3.63, 3.8) is 0 Å². The Morgan fingerprint density at radius 2 is 1.81 bits per heavy atom. The van der Waals surface area contributed by atoms with Gasteiger partial charge >= 0.3 is 0 Å². The van der Waals surface area contributed by atoms with Crippen LogP contribution in [0.2, 0.25) is 5.02 Å². The molecule has 2 aromatic carbocycles. The molecule has 0 saturated carbocycles. The van der Waals surface area contributed by atoms with Gasteiger partial charge in [-0.3, -0.25) is 4.79 Å². The molecule has 3 rings (SSSR count). The van der Waals surface area contributed by atoms with Gasteiger partial charge in [-0.25, -0.2) is 8.42 Å². The molecule has 27 heavy (non-hydrogen) atoms. The molecule has 5 nitrogen and oxygen atoms in total. The fraction of sp³-hybridized carbons (Fsp3) is 0.316. The first-order chi connectivity index (χ1) is 12.8. The second-order valence-corrected chi connectivity index (χ2v) is 9.75. The number of halogens is 2. The lowest BCUT2D eigenvalue weighted by atomic mass is 10.1. The van der Waals surface area contributed by atoms with E-state index in [0.29, 0.717) is 29.4 Å². The lowest BCUT2D eigenvalue weighted by Gasteiger charge is -2.26. The number of nitrogens with one attached hydrogen (secondary N) is 1. The first-order valence-electron chi connectivity index (χ1n) is 8.66. The number of carbonyl (C=O) groups excluding carboxylic acids is 1. The molecule has 0 spiro atoms. The van der Waals surface area contributed by atoms with Gasteiger partial charge in [-0.2, -0.15) is 4.31 Å². The van der Waals surface area contributed by atoms with Crippen molar-refractivity contribution in [3.05, 3.63) is 57.0 Å². The number of sulfonamides is 1. The Morgan fingerprint density at radius 1 is 1.11 bits per heavy atom. The predicted octanol–water partition coefficient (Wildman–Crippen LogP) is 4.84. The summed E-state index contributed by atoms with van der Waals surface area (Å²) in [4.78, 5) is 12.8. The van der Waals surface area contributed by atoms with Crippen molar-refractivity contribution >= 4 is 49.1 Å². The minimum absolute atomic E-state index is 0.180. The normalized spacial score (nSPS) is 15.5. The van der Waals surface area contributed by atoms with Gasteiger partial charge in [0.2, 0.25) is 10.0 Å². The minimum atomic E-state index is -3.61. The van der Waals surface area contributed by atoms with Crippen LogP contribution in [0, 0.1) is 6.92 Å². The van der Waals surface area contributed by atoms with Gasteiger partial charge in [0.1, 0.15) is 0 Å². The van der Waals surface area contributed by atoms with E-state index < -0.39 is 15.9 Å². The summed E-state index contributed by atoms with van der Waals surface area (Å²) in [5.74, 6) is -0.408. The maximum atomic E-state index is 13.0. The predicted molar refractivity (Wildman–Crippen MR) is 111 cm³/mol. The number of piperidine rings is 1. The Balaban J connectivity index is 1.89. The number of rotatable bonds is 4. The third-order valence-corrected chi connectivity index (χ3v) is 7.41. The van der Waals surface area contributed by atoms with Crippen molar-refractivity contribution < 1.29 is 13.2 Å². The Labute approximate surface area is 172 Å². The Morgan fingerprint density at radius 3 is 2.48 bits per heavy atom. The lowest BCUT2D eigenvalue weighted by Crippen LogP contribution is -2.36. The minimum Gasteiger partial charge on any atom is -0.321 e. The highest BCUT2D eigenvalue weighted by Gasteiger charge is 2.28.